The molecule has 13 heteroatoms. The first-order valence-electron chi connectivity index (χ1n) is 11.9. The van der Waals surface area contributed by atoms with Crippen LogP contribution in [0.3, 0.4) is 0 Å². The van der Waals surface area contributed by atoms with Crippen molar-refractivity contribution in [1.82, 2.24) is 10.3 Å². The first-order chi connectivity index (χ1) is 18.1. The van der Waals surface area contributed by atoms with Gasteiger partial charge in [-0.1, -0.05) is 30.0 Å². The van der Waals surface area contributed by atoms with Crippen LogP contribution in [0, 0.1) is 0 Å². The SMILES string of the molecule is C[C@H](O[C@@H]1O[C@H](C(=O)O)[C@@H](O)[C@H](O)[C@@H]1O)c1ccc(CCOc2ccc(C[C@H]3SC(=O)NC3=O)cc2)nc1. The molecule has 0 unspecified atom stereocenters. The highest BCUT2D eigenvalue weighted by molar-refractivity contribution is 8.15. The third-order valence-corrected chi connectivity index (χ3v) is 7.19. The van der Waals surface area contributed by atoms with Gasteiger partial charge in [-0.05, 0) is 42.7 Å². The number of benzene rings is 1. The summed E-state index contributed by atoms with van der Waals surface area (Å²) in [6.07, 6.45) is -6.46. The summed E-state index contributed by atoms with van der Waals surface area (Å²) < 4.78 is 16.5. The van der Waals surface area contributed by atoms with E-state index in [1.807, 2.05) is 12.1 Å². The van der Waals surface area contributed by atoms with Crippen molar-refractivity contribution < 1.29 is 49.0 Å². The second-order valence-electron chi connectivity index (χ2n) is 8.93. The maximum absolute atomic E-state index is 11.7. The van der Waals surface area contributed by atoms with Crippen molar-refractivity contribution in [2.75, 3.05) is 6.61 Å². The molecule has 3 heterocycles. The Labute approximate surface area is 221 Å². The second kappa shape index (κ2) is 12.2. The fourth-order valence-corrected chi connectivity index (χ4v) is 4.87. The molecule has 204 valence electrons. The Hall–Kier alpha value is -3.07. The summed E-state index contributed by atoms with van der Waals surface area (Å²) >= 11 is 0.993. The largest absolute Gasteiger partial charge is 0.493 e. The summed E-state index contributed by atoms with van der Waals surface area (Å²) in [7, 11) is 0. The molecule has 38 heavy (non-hydrogen) atoms. The molecule has 2 saturated heterocycles. The number of carboxylic acids is 1. The minimum Gasteiger partial charge on any atom is -0.493 e. The quantitative estimate of drug-likeness (QED) is 0.278. The summed E-state index contributed by atoms with van der Waals surface area (Å²) in [6, 6.07) is 10.9. The Kier molecular flexibility index (Phi) is 8.97. The van der Waals surface area contributed by atoms with Gasteiger partial charge in [0.1, 0.15) is 24.1 Å². The van der Waals surface area contributed by atoms with Crippen molar-refractivity contribution in [3.05, 3.63) is 59.4 Å². The maximum atomic E-state index is 11.7. The Morgan fingerprint density at radius 1 is 1.11 bits per heavy atom. The van der Waals surface area contributed by atoms with E-state index in [0.717, 1.165) is 23.0 Å². The van der Waals surface area contributed by atoms with Gasteiger partial charge in [0.15, 0.2) is 12.4 Å². The number of aliphatic hydroxyl groups excluding tert-OH is 3. The van der Waals surface area contributed by atoms with Gasteiger partial charge in [-0.15, -0.1) is 0 Å². The van der Waals surface area contributed by atoms with E-state index < -0.39 is 48.0 Å². The topological polar surface area (TPSA) is 185 Å². The Morgan fingerprint density at radius 3 is 2.45 bits per heavy atom. The standard InChI is InChI=1S/C25H28N2O10S/c1-12(36-24-20(30)18(28)19(29)21(37-24)23(32)33)14-4-5-15(26-11-14)8-9-35-16-6-2-13(3-7-16)10-17-22(31)27-25(34)38-17/h2-7,11-12,17-21,24,28-30H,8-10H2,1H3,(H,32,33)(H,27,31,34)/t12-,17+,18-,19-,20-,21-,24+/m0/s1. The predicted molar refractivity (Wildman–Crippen MR) is 132 cm³/mol. The Bertz CT molecular complexity index is 1150. The van der Waals surface area contributed by atoms with Crippen LogP contribution in [0.25, 0.3) is 0 Å². The number of rotatable bonds is 10. The third-order valence-electron chi connectivity index (χ3n) is 6.21. The van der Waals surface area contributed by atoms with Crippen molar-refractivity contribution in [2.45, 2.75) is 61.8 Å². The van der Waals surface area contributed by atoms with Crippen LogP contribution in [0.1, 0.15) is 29.8 Å². The first kappa shape index (κ1) is 28.0. The molecule has 7 atom stereocenters. The van der Waals surface area contributed by atoms with Gasteiger partial charge < -0.3 is 34.6 Å². The third kappa shape index (κ3) is 6.67. The van der Waals surface area contributed by atoms with Crippen LogP contribution in [0.15, 0.2) is 42.6 Å². The molecule has 2 aliphatic rings. The van der Waals surface area contributed by atoms with Crippen LogP contribution in [0.4, 0.5) is 4.79 Å². The number of carbonyl (C=O) groups is 3. The molecule has 2 fully saturated rings. The number of amides is 2. The molecule has 2 aromatic rings. The van der Waals surface area contributed by atoms with E-state index in [9.17, 15) is 29.7 Å². The zero-order valence-corrected chi connectivity index (χ0v) is 21.1. The molecule has 0 spiro atoms. The summed E-state index contributed by atoms with van der Waals surface area (Å²) in [4.78, 5) is 38.6. The second-order valence-corrected chi connectivity index (χ2v) is 10.1. The molecule has 0 bridgehead atoms. The predicted octanol–water partition coefficient (Wildman–Crippen LogP) is 0.567. The number of hydrogen-bond acceptors (Lipinski definition) is 11. The molecule has 2 amide bonds. The van der Waals surface area contributed by atoms with Crippen molar-refractivity contribution in [3.63, 3.8) is 0 Å². The van der Waals surface area contributed by atoms with E-state index in [2.05, 4.69) is 10.3 Å². The molecule has 12 nitrogen and oxygen atoms in total. The average Bonchev–Trinajstić information content (AvgIpc) is 3.21. The number of carbonyl (C=O) groups excluding carboxylic acids is 2. The molecule has 4 rings (SSSR count). The zero-order chi connectivity index (χ0) is 27.4. The van der Waals surface area contributed by atoms with Gasteiger partial charge in [0.2, 0.25) is 5.91 Å². The number of ether oxygens (including phenoxy) is 3. The van der Waals surface area contributed by atoms with Gasteiger partial charge >= 0.3 is 5.97 Å². The lowest BCUT2D eigenvalue weighted by molar-refractivity contribution is -0.304. The number of imide groups is 1. The Balaban J connectivity index is 1.24. The average molecular weight is 549 g/mol. The molecule has 1 aromatic carbocycles. The molecule has 0 saturated carbocycles. The number of hydrogen-bond donors (Lipinski definition) is 5. The number of thioether (sulfide) groups is 1. The minimum absolute atomic E-state index is 0.273. The summed E-state index contributed by atoms with van der Waals surface area (Å²) in [6.45, 7) is 2.02. The van der Waals surface area contributed by atoms with Crippen LogP contribution in [0.5, 0.6) is 5.75 Å². The van der Waals surface area contributed by atoms with Gasteiger partial charge in [-0.2, -0.15) is 0 Å². The van der Waals surface area contributed by atoms with Gasteiger partial charge in [0, 0.05) is 18.3 Å². The monoisotopic (exact) mass is 548 g/mol. The maximum Gasteiger partial charge on any atom is 0.335 e. The summed E-state index contributed by atoms with van der Waals surface area (Å²) in [5, 5.41) is 40.5. The number of carboxylic acid groups (broad SMARTS) is 1. The number of aliphatic hydroxyl groups is 3. The fourth-order valence-electron chi connectivity index (χ4n) is 4.01. The molecule has 2 aliphatic heterocycles. The van der Waals surface area contributed by atoms with E-state index in [1.165, 1.54) is 0 Å². The zero-order valence-electron chi connectivity index (χ0n) is 20.3. The van der Waals surface area contributed by atoms with E-state index in [0.29, 0.717) is 30.8 Å². The van der Waals surface area contributed by atoms with Crippen LogP contribution in [-0.4, -0.2) is 85.1 Å². The summed E-state index contributed by atoms with van der Waals surface area (Å²) in [5.41, 5.74) is 2.30. The highest BCUT2D eigenvalue weighted by Gasteiger charge is 2.48. The van der Waals surface area contributed by atoms with Crippen molar-refractivity contribution >= 4 is 28.9 Å². The molecule has 0 aliphatic carbocycles. The highest BCUT2D eigenvalue weighted by Crippen LogP contribution is 2.28. The lowest BCUT2D eigenvalue weighted by atomic mass is 9.99. The van der Waals surface area contributed by atoms with E-state index in [-0.39, 0.29) is 11.1 Å². The molecule has 5 N–H and O–H groups in total. The highest BCUT2D eigenvalue weighted by atomic mass is 32.2. The first-order valence-corrected chi connectivity index (χ1v) is 12.8. The van der Waals surface area contributed by atoms with E-state index >= 15 is 0 Å². The minimum atomic E-state index is -1.79. The lowest BCUT2D eigenvalue weighted by Crippen LogP contribution is -2.60. The molecular weight excluding hydrogens is 520 g/mol. The van der Waals surface area contributed by atoms with Crippen LogP contribution in [-0.2, 0) is 31.9 Å². The molecule has 1 aromatic heterocycles. The van der Waals surface area contributed by atoms with Crippen LogP contribution in [0.2, 0.25) is 0 Å². The van der Waals surface area contributed by atoms with Crippen molar-refractivity contribution in [3.8, 4) is 5.75 Å². The van der Waals surface area contributed by atoms with Crippen molar-refractivity contribution in [2.24, 2.45) is 0 Å². The number of pyridine rings is 1. The lowest BCUT2D eigenvalue weighted by Gasteiger charge is -2.39. The van der Waals surface area contributed by atoms with Gasteiger partial charge in [-0.3, -0.25) is 19.9 Å². The van der Waals surface area contributed by atoms with Crippen LogP contribution < -0.4 is 10.1 Å². The number of nitrogens with one attached hydrogen (secondary N) is 1. The fraction of sp³-hybridized carbons (Fsp3) is 0.440. The van der Waals surface area contributed by atoms with E-state index in [1.54, 1.807) is 37.4 Å². The normalized spacial score (nSPS) is 28.1. The number of nitrogens with zero attached hydrogens (tertiary/aromatic N) is 1. The van der Waals surface area contributed by atoms with E-state index in [4.69, 9.17) is 19.3 Å². The molecule has 0 radical (unpaired) electrons. The smallest absolute Gasteiger partial charge is 0.335 e. The van der Waals surface area contributed by atoms with Gasteiger partial charge in [0.05, 0.1) is 18.0 Å². The number of aromatic nitrogens is 1. The summed E-state index contributed by atoms with van der Waals surface area (Å²) in [5.74, 6) is -1.10. The molecular formula is C25H28N2O10S. The van der Waals surface area contributed by atoms with Gasteiger partial charge in [-0.25, -0.2) is 4.79 Å². The van der Waals surface area contributed by atoms with Crippen molar-refractivity contribution in [1.29, 1.82) is 0 Å². The Morgan fingerprint density at radius 2 is 1.84 bits per heavy atom. The van der Waals surface area contributed by atoms with Gasteiger partial charge in [0.25, 0.3) is 5.24 Å². The van der Waals surface area contributed by atoms with Crippen LogP contribution >= 0.6 is 11.8 Å². The number of aliphatic carboxylic acids is 1.